The zero-order valence-corrected chi connectivity index (χ0v) is 9.78. The van der Waals surface area contributed by atoms with Crippen LogP contribution in [0.1, 0.15) is 10.4 Å². The molecular weight excluding hydrogens is 285 g/mol. The molecule has 4 N–H and O–H groups in total. The van der Waals surface area contributed by atoms with Crippen LogP contribution < -0.4 is 16.6 Å². The quantitative estimate of drug-likeness (QED) is 0.535. The van der Waals surface area contributed by atoms with Crippen molar-refractivity contribution in [1.82, 2.24) is 10.9 Å². The van der Waals surface area contributed by atoms with Crippen LogP contribution >= 0.6 is 28.1 Å². The summed E-state index contributed by atoms with van der Waals surface area (Å²) in [6.45, 7) is 0. The highest BCUT2D eigenvalue weighted by Crippen LogP contribution is 2.16. The maximum absolute atomic E-state index is 12.8. The van der Waals surface area contributed by atoms with Gasteiger partial charge in [0.15, 0.2) is 5.11 Å². The Morgan fingerprint density at radius 3 is 2.67 bits per heavy atom. The molecule has 0 heterocycles. The minimum atomic E-state index is -0.455. The van der Waals surface area contributed by atoms with Crippen LogP contribution in [0.2, 0.25) is 0 Å². The fourth-order valence-electron chi connectivity index (χ4n) is 0.828. The number of hydrogen-bond donors (Lipinski definition) is 3. The summed E-state index contributed by atoms with van der Waals surface area (Å²) in [7, 11) is 0. The second-order valence-corrected chi connectivity index (χ2v) is 3.87. The van der Waals surface area contributed by atoms with Gasteiger partial charge in [-0.2, -0.15) is 0 Å². The number of halogens is 2. The maximum atomic E-state index is 12.8. The molecule has 0 saturated heterocycles. The molecule has 0 aliphatic heterocycles. The lowest BCUT2D eigenvalue weighted by Crippen LogP contribution is -2.44. The van der Waals surface area contributed by atoms with E-state index in [0.29, 0.717) is 0 Å². The number of nitrogens with two attached hydrogens (primary N) is 1. The Morgan fingerprint density at radius 1 is 1.47 bits per heavy atom. The van der Waals surface area contributed by atoms with Crippen LogP contribution in [0, 0.1) is 5.82 Å². The number of nitrogens with one attached hydrogen (secondary N) is 2. The molecule has 0 atom stereocenters. The van der Waals surface area contributed by atoms with E-state index in [0.717, 1.165) is 0 Å². The molecule has 0 aliphatic carbocycles. The predicted molar refractivity (Wildman–Crippen MR) is 61.5 cm³/mol. The predicted octanol–water partition coefficient (Wildman–Crippen LogP) is 1.07. The molecule has 4 nitrogen and oxygen atoms in total. The molecule has 0 radical (unpaired) electrons. The normalized spacial score (nSPS) is 9.47. The van der Waals surface area contributed by atoms with Crippen molar-refractivity contribution in [2.45, 2.75) is 0 Å². The van der Waals surface area contributed by atoms with E-state index in [1.807, 2.05) is 0 Å². The molecule has 80 valence electrons. The molecule has 0 fully saturated rings. The first-order valence-corrected chi connectivity index (χ1v) is 5.01. The fraction of sp³-hybridized carbons (Fsp3) is 0. The molecule has 1 amide bonds. The lowest BCUT2D eigenvalue weighted by molar-refractivity contribution is 0.0944. The molecular formula is C8H7BrFN3OS. The summed E-state index contributed by atoms with van der Waals surface area (Å²) in [5, 5.41) is -0.0514. The van der Waals surface area contributed by atoms with Gasteiger partial charge in [0, 0.05) is 5.56 Å². The summed E-state index contributed by atoms with van der Waals surface area (Å²) >= 11 is 7.46. The van der Waals surface area contributed by atoms with Crippen molar-refractivity contribution < 1.29 is 9.18 Å². The Kier molecular flexibility index (Phi) is 3.98. The standard InChI is InChI=1S/C8H7BrFN3OS/c9-5-3-4(1-2-6(5)10)7(14)12-13-8(11)15/h1-3H,(H,12,14)(H3,11,13,15). The van der Waals surface area contributed by atoms with E-state index >= 15 is 0 Å². The number of benzene rings is 1. The summed E-state index contributed by atoms with van der Waals surface area (Å²) < 4.78 is 13.1. The Hall–Kier alpha value is -1.21. The molecule has 0 saturated carbocycles. The van der Waals surface area contributed by atoms with Crippen LogP contribution in [0.15, 0.2) is 22.7 Å². The van der Waals surface area contributed by atoms with Gasteiger partial charge in [-0.05, 0) is 46.3 Å². The minimum absolute atomic E-state index is 0.0514. The van der Waals surface area contributed by atoms with Gasteiger partial charge in [-0.15, -0.1) is 0 Å². The molecule has 0 aliphatic rings. The smallest absolute Gasteiger partial charge is 0.269 e. The lowest BCUT2D eigenvalue weighted by Gasteiger charge is -2.06. The van der Waals surface area contributed by atoms with Gasteiger partial charge in [-0.1, -0.05) is 0 Å². The number of hydrogen-bond acceptors (Lipinski definition) is 2. The number of carbonyl (C=O) groups excluding carboxylic acids is 1. The minimum Gasteiger partial charge on any atom is -0.375 e. The molecule has 0 bridgehead atoms. The third kappa shape index (κ3) is 3.45. The zero-order chi connectivity index (χ0) is 11.4. The third-order valence-electron chi connectivity index (χ3n) is 1.48. The van der Waals surface area contributed by atoms with Gasteiger partial charge >= 0.3 is 0 Å². The Balaban J connectivity index is 2.74. The first-order chi connectivity index (χ1) is 7.00. The summed E-state index contributed by atoms with van der Waals surface area (Å²) in [6, 6.07) is 3.88. The Bertz CT molecular complexity index is 413. The molecule has 15 heavy (non-hydrogen) atoms. The fourth-order valence-corrected chi connectivity index (χ4v) is 1.26. The summed E-state index contributed by atoms with van der Waals surface area (Å²) in [5.74, 6) is -0.891. The molecule has 0 unspecified atom stereocenters. The third-order valence-corrected chi connectivity index (χ3v) is 2.19. The van der Waals surface area contributed by atoms with Gasteiger partial charge in [0.05, 0.1) is 4.47 Å². The molecule has 0 spiro atoms. The Labute approximate surface area is 99.1 Å². The molecule has 1 aromatic rings. The van der Waals surface area contributed by atoms with E-state index in [2.05, 4.69) is 39.0 Å². The molecule has 1 aromatic carbocycles. The van der Waals surface area contributed by atoms with Gasteiger partial charge in [0.25, 0.3) is 5.91 Å². The van der Waals surface area contributed by atoms with Crippen LogP contribution in [-0.2, 0) is 0 Å². The van der Waals surface area contributed by atoms with Gasteiger partial charge < -0.3 is 5.73 Å². The second-order valence-electron chi connectivity index (χ2n) is 2.57. The highest BCUT2D eigenvalue weighted by atomic mass is 79.9. The van der Waals surface area contributed by atoms with Crippen molar-refractivity contribution in [1.29, 1.82) is 0 Å². The van der Waals surface area contributed by atoms with Gasteiger partial charge in [0.2, 0.25) is 0 Å². The van der Waals surface area contributed by atoms with Crippen molar-refractivity contribution in [3.05, 3.63) is 34.1 Å². The number of thiocarbonyl (C=S) groups is 1. The van der Waals surface area contributed by atoms with E-state index in [1.54, 1.807) is 0 Å². The van der Waals surface area contributed by atoms with Crippen molar-refractivity contribution in [2.24, 2.45) is 5.73 Å². The van der Waals surface area contributed by atoms with Crippen LogP contribution in [0.25, 0.3) is 0 Å². The monoisotopic (exact) mass is 291 g/mol. The number of carbonyl (C=O) groups is 1. The highest BCUT2D eigenvalue weighted by molar-refractivity contribution is 9.10. The van der Waals surface area contributed by atoms with E-state index in [9.17, 15) is 9.18 Å². The van der Waals surface area contributed by atoms with Crippen LogP contribution in [0.4, 0.5) is 4.39 Å². The van der Waals surface area contributed by atoms with Crippen molar-refractivity contribution in [3.8, 4) is 0 Å². The number of hydrazine groups is 1. The van der Waals surface area contributed by atoms with Crippen LogP contribution in [0.5, 0.6) is 0 Å². The topological polar surface area (TPSA) is 67.2 Å². The summed E-state index contributed by atoms with van der Waals surface area (Å²) in [4.78, 5) is 11.4. The van der Waals surface area contributed by atoms with E-state index < -0.39 is 11.7 Å². The van der Waals surface area contributed by atoms with Gasteiger partial charge in [-0.3, -0.25) is 15.6 Å². The lowest BCUT2D eigenvalue weighted by atomic mass is 10.2. The summed E-state index contributed by atoms with van der Waals surface area (Å²) in [6.07, 6.45) is 0. The average molecular weight is 292 g/mol. The number of rotatable bonds is 1. The maximum Gasteiger partial charge on any atom is 0.269 e. The molecule has 0 aromatic heterocycles. The first-order valence-electron chi connectivity index (χ1n) is 3.81. The van der Waals surface area contributed by atoms with Crippen molar-refractivity contribution >= 4 is 39.2 Å². The Morgan fingerprint density at radius 2 is 2.13 bits per heavy atom. The van der Waals surface area contributed by atoms with Crippen molar-refractivity contribution in [3.63, 3.8) is 0 Å². The van der Waals surface area contributed by atoms with E-state index in [1.165, 1.54) is 18.2 Å². The second kappa shape index (κ2) is 5.04. The molecule has 7 heteroatoms. The first kappa shape index (κ1) is 11.9. The zero-order valence-electron chi connectivity index (χ0n) is 7.38. The average Bonchev–Trinajstić information content (AvgIpc) is 2.18. The summed E-state index contributed by atoms with van der Waals surface area (Å²) in [5.41, 5.74) is 9.92. The van der Waals surface area contributed by atoms with Gasteiger partial charge in [0.1, 0.15) is 5.82 Å². The highest BCUT2D eigenvalue weighted by Gasteiger charge is 2.07. The van der Waals surface area contributed by atoms with Gasteiger partial charge in [-0.25, -0.2) is 4.39 Å². The largest absolute Gasteiger partial charge is 0.375 e. The van der Waals surface area contributed by atoms with E-state index in [-0.39, 0.29) is 15.1 Å². The van der Waals surface area contributed by atoms with Crippen LogP contribution in [0.3, 0.4) is 0 Å². The van der Waals surface area contributed by atoms with E-state index in [4.69, 9.17) is 5.73 Å². The number of amides is 1. The van der Waals surface area contributed by atoms with Crippen LogP contribution in [-0.4, -0.2) is 11.0 Å². The van der Waals surface area contributed by atoms with Crippen molar-refractivity contribution in [2.75, 3.05) is 0 Å². The SMILES string of the molecule is NC(=S)NNC(=O)c1ccc(F)c(Br)c1. The molecule has 1 rings (SSSR count).